The summed E-state index contributed by atoms with van der Waals surface area (Å²) >= 11 is 1.60. The van der Waals surface area contributed by atoms with Gasteiger partial charge >= 0.3 is 0 Å². The number of carbonyl (C=O) groups is 2. The zero-order valence-electron chi connectivity index (χ0n) is 21.7. The van der Waals surface area contributed by atoms with Gasteiger partial charge in [-0.25, -0.2) is 0 Å². The van der Waals surface area contributed by atoms with Crippen LogP contribution in [0.3, 0.4) is 0 Å². The Bertz CT molecular complexity index is 1080. The van der Waals surface area contributed by atoms with Gasteiger partial charge in [-0.1, -0.05) is 103 Å². The van der Waals surface area contributed by atoms with E-state index in [1.54, 1.807) is 16.7 Å². The predicted molar refractivity (Wildman–Crippen MR) is 151 cm³/mol. The lowest BCUT2D eigenvalue weighted by Gasteiger charge is -2.31. The highest BCUT2D eigenvalue weighted by molar-refractivity contribution is 7.99. The van der Waals surface area contributed by atoms with Crippen LogP contribution in [-0.4, -0.2) is 35.1 Å². The Hall–Kier alpha value is -3.05. The van der Waals surface area contributed by atoms with Crippen LogP contribution in [0, 0.1) is 13.8 Å². The van der Waals surface area contributed by atoms with Crippen LogP contribution in [0.2, 0.25) is 0 Å². The van der Waals surface area contributed by atoms with E-state index in [2.05, 4.69) is 44.3 Å². The summed E-state index contributed by atoms with van der Waals surface area (Å²) in [6.45, 7) is 7.32. The molecule has 0 unspecified atom stereocenters. The fraction of sp³-hybridized carbons (Fsp3) is 0.355. The van der Waals surface area contributed by atoms with Crippen LogP contribution in [0.4, 0.5) is 0 Å². The molecule has 4 nitrogen and oxygen atoms in total. The number of benzene rings is 3. The minimum absolute atomic E-state index is 0.0141. The summed E-state index contributed by atoms with van der Waals surface area (Å²) in [6.07, 6.45) is 2.41. The van der Waals surface area contributed by atoms with E-state index < -0.39 is 6.04 Å². The van der Waals surface area contributed by atoms with Gasteiger partial charge in [0.2, 0.25) is 11.8 Å². The topological polar surface area (TPSA) is 49.4 Å². The number of amides is 2. The number of nitrogens with zero attached hydrogens (tertiary/aromatic N) is 1. The standard InChI is InChI=1S/C31H38N2O2S/c1-4-5-16-32-31(35)29(20-26-12-8-6-9-13-26)33(21-27-14-10-7-11-15-27)30(34)23-36-22-28-18-24(2)17-25(3)19-28/h6-15,17-19,29H,4-5,16,20-23H2,1-3H3,(H,32,35)/t29-/m0/s1. The van der Waals surface area contributed by atoms with Gasteiger partial charge in [-0.3, -0.25) is 9.59 Å². The van der Waals surface area contributed by atoms with E-state index in [9.17, 15) is 9.59 Å². The first-order chi connectivity index (χ1) is 17.5. The lowest BCUT2D eigenvalue weighted by molar-refractivity contribution is -0.139. The number of carbonyl (C=O) groups excluding carboxylic acids is 2. The molecule has 0 fully saturated rings. The maximum Gasteiger partial charge on any atom is 0.243 e. The Labute approximate surface area is 220 Å². The second-order valence-corrected chi connectivity index (χ2v) is 10.3. The van der Waals surface area contributed by atoms with Crippen molar-refractivity contribution >= 4 is 23.6 Å². The molecule has 1 atom stereocenters. The monoisotopic (exact) mass is 502 g/mol. The van der Waals surface area contributed by atoms with Gasteiger partial charge in [0.05, 0.1) is 5.75 Å². The number of hydrogen-bond donors (Lipinski definition) is 1. The first kappa shape index (κ1) is 27.5. The van der Waals surface area contributed by atoms with Crippen LogP contribution in [0.15, 0.2) is 78.9 Å². The van der Waals surface area contributed by atoms with E-state index in [-0.39, 0.29) is 11.8 Å². The van der Waals surface area contributed by atoms with Crippen molar-refractivity contribution in [2.45, 2.75) is 58.4 Å². The first-order valence-electron chi connectivity index (χ1n) is 12.8. The molecule has 0 aliphatic rings. The quantitative estimate of drug-likeness (QED) is 0.288. The summed E-state index contributed by atoms with van der Waals surface area (Å²) in [5, 5.41) is 3.08. The fourth-order valence-electron chi connectivity index (χ4n) is 4.33. The third-order valence-corrected chi connectivity index (χ3v) is 7.06. The van der Waals surface area contributed by atoms with Crippen LogP contribution in [-0.2, 0) is 28.3 Å². The van der Waals surface area contributed by atoms with Crippen molar-refractivity contribution in [1.82, 2.24) is 10.2 Å². The molecule has 3 rings (SSSR count). The highest BCUT2D eigenvalue weighted by atomic mass is 32.2. The van der Waals surface area contributed by atoms with Crippen LogP contribution in [0.1, 0.15) is 47.6 Å². The fourth-order valence-corrected chi connectivity index (χ4v) is 5.18. The maximum absolute atomic E-state index is 13.7. The van der Waals surface area contributed by atoms with Crippen molar-refractivity contribution in [1.29, 1.82) is 0 Å². The molecule has 1 N–H and O–H groups in total. The number of aryl methyl sites for hydroxylation is 2. The molecule has 36 heavy (non-hydrogen) atoms. The summed E-state index contributed by atoms with van der Waals surface area (Å²) in [7, 11) is 0. The largest absolute Gasteiger partial charge is 0.354 e. The highest BCUT2D eigenvalue weighted by Crippen LogP contribution is 2.20. The molecular weight excluding hydrogens is 464 g/mol. The molecule has 0 spiro atoms. The van der Waals surface area contributed by atoms with Gasteiger partial charge in [-0.05, 0) is 37.0 Å². The Morgan fingerprint density at radius 3 is 2.08 bits per heavy atom. The van der Waals surface area contributed by atoms with Gasteiger partial charge < -0.3 is 10.2 Å². The van der Waals surface area contributed by atoms with Gasteiger partial charge in [-0.15, -0.1) is 11.8 Å². The van der Waals surface area contributed by atoms with Crippen molar-refractivity contribution in [2.75, 3.05) is 12.3 Å². The van der Waals surface area contributed by atoms with Crippen molar-refractivity contribution in [3.05, 3.63) is 107 Å². The number of unbranched alkanes of at least 4 members (excludes halogenated alkanes) is 1. The van der Waals surface area contributed by atoms with Gasteiger partial charge in [-0.2, -0.15) is 0 Å². The van der Waals surface area contributed by atoms with Gasteiger partial charge in [0.25, 0.3) is 0 Å². The summed E-state index contributed by atoms with van der Waals surface area (Å²) in [4.78, 5) is 28.9. The molecule has 0 heterocycles. The predicted octanol–water partition coefficient (Wildman–Crippen LogP) is 6.09. The maximum atomic E-state index is 13.7. The SMILES string of the molecule is CCCCNC(=O)[C@H](Cc1ccccc1)N(Cc1ccccc1)C(=O)CSCc1cc(C)cc(C)c1. The minimum Gasteiger partial charge on any atom is -0.354 e. The molecule has 0 radical (unpaired) electrons. The Balaban J connectivity index is 1.80. The molecule has 0 saturated heterocycles. The van der Waals surface area contributed by atoms with Crippen LogP contribution < -0.4 is 5.32 Å². The number of thioether (sulfide) groups is 1. The Kier molecular flexibility index (Phi) is 11.1. The molecule has 0 aliphatic carbocycles. The van der Waals surface area contributed by atoms with Crippen molar-refractivity contribution in [3.8, 4) is 0 Å². The van der Waals surface area contributed by atoms with E-state index in [0.717, 1.165) is 29.7 Å². The van der Waals surface area contributed by atoms with Gasteiger partial charge in [0, 0.05) is 25.3 Å². The Morgan fingerprint density at radius 2 is 1.47 bits per heavy atom. The second-order valence-electron chi connectivity index (χ2n) is 9.35. The summed E-state index contributed by atoms with van der Waals surface area (Å²) in [6, 6.07) is 25.8. The van der Waals surface area contributed by atoms with E-state index >= 15 is 0 Å². The molecule has 3 aromatic carbocycles. The molecule has 2 amide bonds. The smallest absolute Gasteiger partial charge is 0.243 e. The van der Waals surface area contributed by atoms with Crippen molar-refractivity contribution in [2.24, 2.45) is 0 Å². The number of nitrogens with one attached hydrogen (secondary N) is 1. The lowest BCUT2D eigenvalue weighted by atomic mass is 10.0. The molecule has 0 saturated carbocycles. The van der Waals surface area contributed by atoms with E-state index in [0.29, 0.717) is 25.3 Å². The number of hydrogen-bond acceptors (Lipinski definition) is 3. The summed E-state index contributed by atoms with van der Waals surface area (Å²) in [5.41, 5.74) is 5.74. The molecule has 0 aromatic heterocycles. The molecule has 190 valence electrons. The van der Waals surface area contributed by atoms with Gasteiger partial charge in [0.1, 0.15) is 6.04 Å². The van der Waals surface area contributed by atoms with E-state index in [4.69, 9.17) is 0 Å². The van der Waals surface area contributed by atoms with E-state index in [1.165, 1.54) is 16.7 Å². The zero-order valence-corrected chi connectivity index (χ0v) is 22.5. The average molecular weight is 503 g/mol. The van der Waals surface area contributed by atoms with Gasteiger partial charge in [0.15, 0.2) is 0 Å². The molecule has 0 aliphatic heterocycles. The normalized spacial score (nSPS) is 11.6. The lowest BCUT2D eigenvalue weighted by Crippen LogP contribution is -2.51. The van der Waals surface area contributed by atoms with Crippen molar-refractivity contribution in [3.63, 3.8) is 0 Å². The summed E-state index contributed by atoms with van der Waals surface area (Å²) < 4.78 is 0. The molecular formula is C31H38N2O2S. The minimum atomic E-state index is -0.571. The van der Waals surface area contributed by atoms with Crippen LogP contribution >= 0.6 is 11.8 Å². The number of rotatable bonds is 13. The van der Waals surface area contributed by atoms with Crippen LogP contribution in [0.25, 0.3) is 0 Å². The summed E-state index contributed by atoms with van der Waals surface area (Å²) in [5.74, 6) is 0.989. The highest BCUT2D eigenvalue weighted by Gasteiger charge is 2.30. The van der Waals surface area contributed by atoms with Crippen molar-refractivity contribution < 1.29 is 9.59 Å². The Morgan fingerprint density at radius 1 is 0.861 bits per heavy atom. The zero-order chi connectivity index (χ0) is 25.8. The second kappa shape index (κ2) is 14.5. The third kappa shape index (κ3) is 8.87. The molecule has 3 aromatic rings. The average Bonchev–Trinajstić information content (AvgIpc) is 2.87. The van der Waals surface area contributed by atoms with E-state index in [1.807, 2.05) is 60.7 Å². The first-order valence-corrected chi connectivity index (χ1v) is 13.9. The van der Waals surface area contributed by atoms with Crippen LogP contribution in [0.5, 0.6) is 0 Å². The molecule has 0 bridgehead atoms. The molecule has 5 heteroatoms. The third-order valence-electron chi connectivity index (χ3n) is 6.07.